The van der Waals surface area contributed by atoms with E-state index in [0.717, 1.165) is 22.2 Å². The highest BCUT2D eigenvalue weighted by atomic mass is 16.5. The number of aliphatic hydroxyl groups excluding tert-OH is 2. The molecule has 1 aromatic heterocycles. The summed E-state index contributed by atoms with van der Waals surface area (Å²) in [5.41, 5.74) is 4.16. The van der Waals surface area contributed by atoms with Crippen molar-refractivity contribution in [3.8, 4) is 5.75 Å². The minimum absolute atomic E-state index is 0.0965. The molecule has 11 heteroatoms. The second-order valence-corrected chi connectivity index (χ2v) is 10.6. The normalized spacial score (nSPS) is 15.7. The molecule has 0 spiro atoms. The molecule has 2 heterocycles. The van der Waals surface area contributed by atoms with Gasteiger partial charge in [0.1, 0.15) is 23.7 Å². The van der Waals surface area contributed by atoms with Gasteiger partial charge in [-0.15, -0.1) is 0 Å². The molecule has 4 aromatic rings. The summed E-state index contributed by atoms with van der Waals surface area (Å²) >= 11 is 0. The van der Waals surface area contributed by atoms with Crippen LogP contribution in [0.3, 0.4) is 0 Å². The van der Waals surface area contributed by atoms with Gasteiger partial charge in [-0.3, -0.25) is 14.5 Å². The number of imidazole rings is 1. The van der Waals surface area contributed by atoms with E-state index in [-0.39, 0.29) is 44.7 Å². The van der Waals surface area contributed by atoms with Crippen LogP contribution in [-0.4, -0.2) is 80.7 Å². The van der Waals surface area contributed by atoms with Crippen LogP contribution >= 0.6 is 0 Å². The van der Waals surface area contributed by atoms with Crippen LogP contribution in [-0.2, 0) is 9.59 Å². The third kappa shape index (κ3) is 7.50. The molecule has 0 bridgehead atoms. The van der Waals surface area contributed by atoms with E-state index in [4.69, 9.17) is 19.9 Å². The maximum absolute atomic E-state index is 13.9. The van der Waals surface area contributed by atoms with Gasteiger partial charge >= 0.3 is 6.03 Å². The van der Waals surface area contributed by atoms with Crippen molar-refractivity contribution in [3.63, 3.8) is 0 Å². The second-order valence-electron chi connectivity index (χ2n) is 10.6. The number of aryl methyl sites for hydroxylation is 1. The number of nitrogens with zero attached hydrogens (tertiary/aromatic N) is 3. The summed E-state index contributed by atoms with van der Waals surface area (Å²) in [6, 6.07) is 20.0. The molecule has 0 radical (unpaired) electrons. The average molecular weight is 616 g/mol. The summed E-state index contributed by atoms with van der Waals surface area (Å²) in [5.74, 6) is -0.124. The Kier molecular flexibility index (Phi) is 11.3. The number of imide groups is 1. The van der Waals surface area contributed by atoms with Crippen LogP contribution in [0.1, 0.15) is 61.3 Å². The van der Waals surface area contributed by atoms with Gasteiger partial charge in [-0.1, -0.05) is 69.3 Å². The van der Waals surface area contributed by atoms with E-state index < -0.39 is 24.0 Å². The minimum atomic E-state index is -0.912. The minimum Gasteiger partial charge on any atom is -0.484 e. The van der Waals surface area contributed by atoms with Crippen LogP contribution in [0.2, 0.25) is 0 Å². The van der Waals surface area contributed by atoms with Gasteiger partial charge in [0.2, 0.25) is 0 Å². The smallest absolute Gasteiger partial charge is 0.325 e. The van der Waals surface area contributed by atoms with Gasteiger partial charge in [-0.05, 0) is 47.9 Å². The zero-order valence-corrected chi connectivity index (χ0v) is 26.1. The molecule has 238 valence electrons. The Balaban J connectivity index is 0.00000226. The molecule has 1 fully saturated rings. The third-order valence-corrected chi connectivity index (χ3v) is 7.65. The van der Waals surface area contributed by atoms with Gasteiger partial charge in [-0.25, -0.2) is 9.78 Å². The molecule has 4 amide bonds. The number of aromatic nitrogens is 2. The molecule has 4 N–H and O–H groups in total. The van der Waals surface area contributed by atoms with Gasteiger partial charge in [0.15, 0.2) is 6.61 Å². The van der Waals surface area contributed by atoms with Crippen LogP contribution in [0, 0.1) is 6.92 Å². The van der Waals surface area contributed by atoms with Gasteiger partial charge in [0.05, 0.1) is 24.2 Å². The molecule has 45 heavy (non-hydrogen) atoms. The number of aromatic amines is 1. The number of urea groups is 1. The first-order valence-electron chi connectivity index (χ1n) is 15.2. The van der Waals surface area contributed by atoms with Crippen molar-refractivity contribution in [1.82, 2.24) is 25.1 Å². The highest BCUT2D eigenvalue weighted by molar-refractivity contribution is 6.05. The Labute approximate surface area is 262 Å². The van der Waals surface area contributed by atoms with Crippen molar-refractivity contribution >= 4 is 28.9 Å². The summed E-state index contributed by atoms with van der Waals surface area (Å²) in [4.78, 5) is 50.4. The van der Waals surface area contributed by atoms with Crippen molar-refractivity contribution in [2.24, 2.45) is 0 Å². The molecule has 3 atom stereocenters. The molecule has 11 nitrogen and oxygen atoms in total. The zero-order chi connectivity index (χ0) is 32.5. The number of carbonyl (C=O) groups excluding carboxylic acids is 3. The number of nitrogens with one attached hydrogen (secondary N) is 2. The zero-order valence-electron chi connectivity index (χ0n) is 26.1. The molecule has 0 saturated carbocycles. The van der Waals surface area contributed by atoms with E-state index in [1.54, 1.807) is 24.3 Å². The first-order chi connectivity index (χ1) is 21.8. The number of aliphatic hydroxyl groups is 2. The summed E-state index contributed by atoms with van der Waals surface area (Å²) in [6.07, 6.45) is 0. The van der Waals surface area contributed by atoms with Crippen LogP contribution < -0.4 is 10.1 Å². The van der Waals surface area contributed by atoms with Crippen LogP contribution in [0.15, 0.2) is 72.8 Å². The molecule has 0 aliphatic carbocycles. The SMILES string of the molecule is CC.Cc1ccc2nc(C(C(C)c3ccccc3)N3C(=O)N[C@H](c4ccc(OCC(=O)N(CCO)CCO)cc4)C3=O)[nH]c2c1. The van der Waals surface area contributed by atoms with Gasteiger partial charge in [0, 0.05) is 19.0 Å². The monoisotopic (exact) mass is 615 g/mol. The first kappa shape index (κ1) is 33.2. The number of hydrogen-bond acceptors (Lipinski definition) is 7. The molecule has 2 unspecified atom stereocenters. The van der Waals surface area contributed by atoms with Crippen molar-refractivity contribution in [2.45, 2.75) is 45.7 Å². The van der Waals surface area contributed by atoms with E-state index >= 15 is 0 Å². The standard InChI is InChI=1S/C32H35N5O6.C2H6/c1-20-8-13-25-26(18-20)34-30(33-25)29(21(2)22-6-4-3-5-7-22)37-31(41)28(35-32(37)42)23-9-11-24(12-10-23)43-19-27(40)36(14-16-38)15-17-39;1-2/h3-13,18,21,28-29,38-39H,14-17,19H2,1-2H3,(H,33,34)(H,35,42);1-2H3/t21?,28-,29?;/m1./s1. The average Bonchev–Trinajstić information content (AvgIpc) is 3.61. The van der Waals surface area contributed by atoms with Crippen molar-refractivity contribution in [2.75, 3.05) is 32.9 Å². The molecule has 1 saturated heterocycles. The summed E-state index contributed by atoms with van der Waals surface area (Å²) < 4.78 is 5.59. The molecular weight excluding hydrogens is 574 g/mol. The lowest BCUT2D eigenvalue weighted by Crippen LogP contribution is -2.38. The Hall–Kier alpha value is -4.74. The molecule has 1 aliphatic rings. The summed E-state index contributed by atoms with van der Waals surface area (Å²) in [5, 5.41) is 21.1. The first-order valence-corrected chi connectivity index (χ1v) is 15.2. The van der Waals surface area contributed by atoms with Crippen molar-refractivity contribution < 1.29 is 29.3 Å². The highest BCUT2D eigenvalue weighted by Crippen LogP contribution is 2.39. The lowest BCUT2D eigenvalue weighted by molar-refractivity contribution is -0.134. The number of carbonyl (C=O) groups is 3. The molecule has 5 rings (SSSR count). The van der Waals surface area contributed by atoms with Gasteiger partial charge < -0.3 is 30.2 Å². The van der Waals surface area contributed by atoms with Crippen LogP contribution in [0.5, 0.6) is 5.75 Å². The number of fused-ring (bicyclic) bond motifs is 1. The van der Waals surface area contributed by atoms with Crippen LogP contribution in [0.4, 0.5) is 4.79 Å². The van der Waals surface area contributed by atoms with E-state index in [1.165, 1.54) is 9.80 Å². The third-order valence-electron chi connectivity index (χ3n) is 7.65. The lowest BCUT2D eigenvalue weighted by Gasteiger charge is -2.29. The fourth-order valence-electron chi connectivity index (χ4n) is 5.38. The molecular formula is C34H41N5O6. The summed E-state index contributed by atoms with van der Waals surface area (Å²) in [7, 11) is 0. The van der Waals surface area contributed by atoms with Crippen molar-refractivity contribution in [1.29, 1.82) is 0 Å². The second kappa shape index (κ2) is 15.3. The number of benzene rings is 3. The lowest BCUT2D eigenvalue weighted by atomic mass is 9.91. The van der Waals surface area contributed by atoms with E-state index in [0.29, 0.717) is 17.1 Å². The number of ether oxygens (including phenoxy) is 1. The number of amides is 4. The van der Waals surface area contributed by atoms with E-state index in [2.05, 4.69) is 10.3 Å². The Morgan fingerprint density at radius 2 is 1.67 bits per heavy atom. The molecule has 3 aromatic carbocycles. The summed E-state index contributed by atoms with van der Waals surface area (Å²) in [6.45, 7) is 7.44. The fourth-order valence-corrected chi connectivity index (χ4v) is 5.38. The predicted octanol–water partition coefficient (Wildman–Crippen LogP) is 4.23. The van der Waals surface area contributed by atoms with Gasteiger partial charge in [-0.2, -0.15) is 0 Å². The van der Waals surface area contributed by atoms with Crippen LogP contribution in [0.25, 0.3) is 11.0 Å². The highest BCUT2D eigenvalue weighted by Gasteiger charge is 2.46. The topological polar surface area (TPSA) is 148 Å². The molecule has 1 aliphatic heterocycles. The predicted molar refractivity (Wildman–Crippen MR) is 171 cm³/mol. The Bertz CT molecular complexity index is 1580. The Morgan fingerprint density at radius 3 is 2.31 bits per heavy atom. The maximum atomic E-state index is 13.9. The van der Waals surface area contributed by atoms with Gasteiger partial charge in [0.25, 0.3) is 11.8 Å². The Morgan fingerprint density at radius 1 is 1.00 bits per heavy atom. The number of H-pyrrole nitrogens is 1. The van der Waals surface area contributed by atoms with E-state index in [9.17, 15) is 14.4 Å². The maximum Gasteiger partial charge on any atom is 0.325 e. The number of rotatable bonds is 12. The fraction of sp³-hybridized carbons (Fsp3) is 0.353. The largest absolute Gasteiger partial charge is 0.484 e. The van der Waals surface area contributed by atoms with E-state index in [1.807, 2.05) is 76.2 Å². The van der Waals surface area contributed by atoms with Crippen molar-refractivity contribution in [3.05, 3.63) is 95.3 Å². The number of hydrogen-bond donors (Lipinski definition) is 4. The quantitative estimate of drug-likeness (QED) is 0.174.